The van der Waals surface area contributed by atoms with Gasteiger partial charge in [-0.15, -0.1) is 0 Å². The third kappa shape index (κ3) is 6.46. The van der Waals surface area contributed by atoms with E-state index in [-0.39, 0.29) is 65.0 Å². The van der Waals surface area contributed by atoms with Gasteiger partial charge in [-0.2, -0.15) is 0 Å². The average molecular weight is 586 g/mol. The van der Waals surface area contributed by atoms with E-state index in [2.05, 4.69) is 15.2 Å². The summed E-state index contributed by atoms with van der Waals surface area (Å²) in [6.07, 6.45) is -0.647. The van der Waals surface area contributed by atoms with E-state index in [1.165, 1.54) is 29.7 Å². The van der Waals surface area contributed by atoms with Crippen LogP contribution in [0, 0.1) is 19.8 Å². The van der Waals surface area contributed by atoms with Crippen LogP contribution in [-0.4, -0.2) is 79.3 Å². The number of anilines is 2. The summed E-state index contributed by atoms with van der Waals surface area (Å²) in [6, 6.07) is 12.7. The second-order valence-electron chi connectivity index (χ2n) is 10.2. The van der Waals surface area contributed by atoms with Crippen LogP contribution in [0.3, 0.4) is 0 Å². The molecule has 4 rings (SSSR count). The fourth-order valence-electron chi connectivity index (χ4n) is 4.69. The molecule has 3 N–H and O–H groups in total. The molecule has 2 aromatic carbocycles. The van der Waals surface area contributed by atoms with Gasteiger partial charge in [0.1, 0.15) is 11.8 Å². The van der Waals surface area contributed by atoms with Gasteiger partial charge in [0.05, 0.1) is 30.4 Å². The number of carbonyl (C=O) groups excluding carboxylic acids is 2. The first-order chi connectivity index (χ1) is 19.4. The maximum Gasteiger partial charge on any atom is 0.321 e. The molecule has 0 saturated carbocycles. The summed E-state index contributed by atoms with van der Waals surface area (Å²) in [4.78, 5) is 29.6. The number of hydrogen-bond acceptors (Lipinski definition) is 8. The Labute approximate surface area is 239 Å². The first-order valence-electron chi connectivity index (χ1n) is 13.2. The van der Waals surface area contributed by atoms with E-state index in [9.17, 15) is 23.1 Å². The molecule has 41 heavy (non-hydrogen) atoms. The van der Waals surface area contributed by atoms with E-state index < -0.39 is 28.1 Å². The van der Waals surface area contributed by atoms with Crippen molar-refractivity contribution in [3.8, 4) is 5.75 Å². The number of hydrogen-bond donors (Lipinski definition) is 3. The van der Waals surface area contributed by atoms with Crippen molar-refractivity contribution in [1.29, 1.82) is 0 Å². The number of aliphatic hydroxyl groups is 1. The van der Waals surface area contributed by atoms with Gasteiger partial charge in [-0.3, -0.25) is 9.52 Å². The predicted molar refractivity (Wildman–Crippen MR) is 152 cm³/mol. The largest absolute Gasteiger partial charge is 0.485 e. The summed E-state index contributed by atoms with van der Waals surface area (Å²) in [5.74, 6) is -0.580. The zero-order valence-electron chi connectivity index (χ0n) is 23.6. The summed E-state index contributed by atoms with van der Waals surface area (Å²) in [7, 11) is -2.54. The smallest absolute Gasteiger partial charge is 0.321 e. The molecule has 0 bridgehead atoms. The lowest BCUT2D eigenvalue weighted by molar-refractivity contribution is 0.0373. The van der Waals surface area contributed by atoms with E-state index >= 15 is 0 Å². The molecule has 12 nitrogen and oxygen atoms in total. The number of sulfonamides is 1. The number of benzene rings is 2. The number of nitrogens with one attached hydrogen (secondary N) is 2. The lowest BCUT2D eigenvalue weighted by Gasteiger charge is -2.38. The molecule has 0 saturated heterocycles. The van der Waals surface area contributed by atoms with Crippen molar-refractivity contribution < 1.29 is 32.4 Å². The van der Waals surface area contributed by atoms with E-state index in [4.69, 9.17) is 9.26 Å². The summed E-state index contributed by atoms with van der Waals surface area (Å²) >= 11 is 0. The van der Waals surface area contributed by atoms with Crippen LogP contribution in [0.4, 0.5) is 16.2 Å². The van der Waals surface area contributed by atoms with Gasteiger partial charge in [-0.1, -0.05) is 36.3 Å². The second kappa shape index (κ2) is 12.2. The van der Waals surface area contributed by atoms with Crippen LogP contribution in [-0.2, 0) is 10.0 Å². The Hall–Kier alpha value is -4.10. The molecule has 0 radical (unpaired) electrons. The predicted octanol–water partition coefficient (Wildman–Crippen LogP) is 3.48. The Bertz CT molecular complexity index is 1490. The van der Waals surface area contributed by atoms with Crippen molar-refractivity contribution in [1.82, 2.24) is 15.0 Å². The van der Waals surface area contributed by atoms with Crippen LogP contribution in [0.15, 0.2) is 57.9 Å². The Morgan fingerprint density at radius 1 is 1.20 bits per heavy atom. The van der Waals surface area contributed by atoms with Crippen molar-refractivity contribution in [2.24, 2.45) is 5.92 Å². The standard InChI is InChI=1S/C28H35N5O7S/c1-17-14-33(18(2)16-34)27(35)22-12-9-13-23(31-41(37,38)26-19(3)30-40-20(26)4)25(22)39-24(17)15-32(5)28(36)29-21-10-7-6-8-11-21/h6-13,17-18,24,31,34H,14-16H2,1-5H3,(H,29,36)/t17-,18-,24-/m1/s1. The second-order valence-corrected chi connectivity index (χ2v) is 11.9. The number of fused-ring (bicyclic) bond motifs is 1. The number of rotatable bonds is 8. The third-order valence-corrected chi connectivity index (χ3v) is 8.61. The number of aliphatic hydroxyl groups excluding tert-OH is 1. The molecule has 13 heteroatoms. The van der Waals surface area contributed by atoms with Crippen molar-refractivity contribution in [2.75, 3.05) is 36.8 Å². The molecule has 0 aliphatic carbocycles. The molecule has 3 aromatic rings. The topological polar surface area (TPSA) is 154 Å². The zero-order valence-corrected chi connectivity index (χ0v) is 24.4. The molecule has 1 aliphatic rings. The van der Waals surface area contributed by atoms with Crippen LogP contribution in [0.2, 0.25) is 0 Å². The molecular formula is C28H35N5O7S. The molecule has 1 aromatic heterocycles. The van der Waals surface area contributed by atoms with Gasteiger partial charge in [0.25, 0.3) is 15.9 Å². The summed E-state index contributed by atoms with van der Waals surface area (Å²) in [5, 5.41) is 16.5. The van der Waals surface area contributed by atoms with Crippen LogP contribution in [0.5, 0.6) is 5.75 Å². The number of aromatic nitrogens is 1. The van der Waals surface area contributed by atoms with Gasteiger partial charge in [-0.25, -0.2) is 13.2 Å². The van der Waals surface area contributed by atoms with Gasteiger partial charge in [0.15, 0.2) is 16.4 Å². The van der Waals surface area contributed by atoms with Crippen LogP contribution < -0.4 is 14.8 Å². The van der Waals surface area contributed by atoms with Crippen LogP contribution in [0.25, 0.3) is 0 Å². The molecule has 220 valence electrons. The first kappa shape index (κ1) is 29.9. The zero-order chi connectivity index (χ0) is 29.9. The van der Waals surface area contributed by atoms with Crippen molar-refractivity contribution in [2.45, 2.75) is 44.7 Å². The Morgan fingerprint density at radius 2 is 1.90 bits per heavy atom. The Balaban J connectivity index is 1.71. The number of nitrogens with zero attached hydrogens (tertiary/aromatic N) is 3. The lowest BCUT2D eigenvalue weighted by Crippen LogP contribution is -2.50. The van der Waals surface area contributed by atoms with Gasteiger partial charge in [0.2, 0.25) is 0 Å². The number of carbonyl (C=O) groups is 2. The van der Waals surface area contributed by atoms with Crippen LogP contribution in [0.1, 0.15) is 35.7 Å². The van der Waals surface area contributed by atoms with E-state index in [0.29, 0.717) is 5.69 Å². The lowest BCUT2D eigenvalue weighted by atomic mass is 9.99. The minimum absolute atomic E-state index is 0.0244. The first-order valence-corrected chi connectivity index (χ1v) is 14.7. The van der Waals surface area contributed by atoms with Crippen molar-refractivity contribution >= 4 is 33.3 Å². The minimum atomic E-state index is -4.17. The molecule has 0 fully saturated rings. The van der Waals surface area contributed by atoms with Crippen molar-refractivity contribution in [3.63, 3.8) is 0 Å². The molecule has 2 heterocycles. The highest BCUT2D eigenvalue weighted by Crippen LogP contribution is 2.36. The number of para-hydroxylation sites is 2. The highest BCUT2D eigenvalue weighted by molar-refractivity contribution is 7.92. The number of amides is 3. The summed E-state index contributed by atoms with van der Waals surface area (Å²) in [5.41, 5.74) is 0.984. The number of urea groups is 1. The Kier molecular flexibility index (Phi) is 8.88. The number of ether oxygens (including phenoxy) is 1. The van der Waals surface area contributed by atoms with Gasteiger partial charge < -0.3 is 29.5 Å². The molecule has 1 aliphatic heterocycles. The van der Waals surface area contributed by atoms with Gasteiger partial charge in [-0.05, 0) is 45.0 Å². The molecule has 3 atom stereocenters. The average Bonchev–Trinajstić information content (AvgIpc) is 3.29. The van der Waals surface area contributed by atoms with Crippen molar-refractivity contribution in [3.05, 3.63) is 65.5 Å². The van der Waals surface area contributed by atoms with E-state index in [1.807, 2.05) is 25.1 Å². The molecule has 0 spiro atoms. The molecule has 0 unspecified atom stereocenters. The maximum absolute atomic E-state index is 13.7. The fourth-order valence-corrected chi connectivity index (χ4v) is 6.08. The van der Waals surface area contributed by atoms with E-state index in [0.717, 1.165) is 0 Å². The van der Waals surface area contributed by atoms with Crippen LogP contribution >= 0.6 is 0 Å². The number of aryl methyl sites for hydroxylation is 2. The maximum atomic E-state index is 13.7. The monoisotopic (exact) mass is 585 g/mol. The highest BCUT2D eigenvalue weighted by Gasteiger charge is 2.36. The minimum Gasteiger partial charge on any atom is -0.485 e. The molecule has 3 amide bonds. The normalized spacial score (nSPS) is 18.0. The van der Waals surface area contributed by atoms with E-state index in [1.54, 1.807) is 38.2 Å². The summed E-state index contributed by atoms with van der Waals surface area (Å²) in [6.45, 7) is 6.71. The fraction of sp³-hybridized carbons (Fsp3) is 0.393. The Morgan fingerprint density at radius 3 is 2.54 bits per heavy atom. The molecular weight excluding hydrogens is 550 g/mol. The quantitative estimate of drug-likeness (QED) is 0.363. The van der Waals surface area contributed by atoms with Gasteiger partial charge >= 0.3 is 6.03 Å². The van der Waals surface area contributed by atoms with Gasteiger partial charge in [0, 0.05) is 25.2 Å². The summed E-state index contributed by atoms with van der Waals surface area (Å²) < 4.78 is 40.7. The SMILES string of the molecule is Cc1noc(C)c1S(=O)(=O)Nc1cccc2c1O[C@H](CN(C)C(=O)Nc1ccccc1)[C@H](C)CN([C@H](C)CO)C2=O. The third-order valence-electron chi connectivity index (χ3n) is 7.00. The number of likely N-dealkylation sites (N-methyl/N-ethyl adjacent to an activating group) is 1. The highest BCUT2D eigenvalue weighted by atomic mass is 32.2.